The summed E-state index contributed by atoms with van der Waals surface area (Å²) in [5.41, 5.74) is 2.92. The molecule has 0 unspecified atom stereocenters. The van der Waals surface area contributed by atoms with Crippen molar-refractivity contribution in [1.29, 1.82) is 0 Å². The van der Waals surface area contributed by atoms with Crippen molar-refractivity contribution in [3.05, 3.63) is 40.4 Å². The standard InChI is InChI=1S/C15H19N3S/c1-3-14-17-18-15(19-14)16-12-8-11(9-12)13-7-5-4-6-10(13)2/h4-7,11-12H,3,8-9H2,1-2H3,(H,16,18). The molecule has 1 fully saturated rings. The normalized spacial score (nSPS) is 22.0. The van der Waals surface area contributed by atoms with E-state index in [2.05, 4.69) is 53.6 Å². The second-order valence-electron chi connectivity index (χ2n) is 5.22. The lowest BCUT2D eigenvalue weighted by atomic mass is 9.74. The van der Waals surface area contributed by atoms with Gasteiger partial charge in [-0.15, -0.1) is 10.2 Å². The van der Waals surface area contributed by atoms with E-state index in [0.717, 1.165) is 16.6 Å². The quantitative estimate of drug-likeness (QED) is 0.921. The van der Waals surface area contributed by atoms with E-state index in [4.69, 9.17) is 0 Å². The zero-order valence-corrected chi connectivity index (χ0v) is 12.2. The Morgan fingerprint density at radius 2 is 2.05 bits per heavy atom. The predicted molar refractivity (Wildman–Crippen MR) is 79.9 cm³/mol. The second kappa shape index (κ2) is 5.29. The molecule has 1 aliphatic carbocycles. The van der Waals surface area contributed by atoms with E-state index in [1.165, 1.54) is 24.0 Å². The van der Waals surface area contributed by atoms with Crippen LogP contribution in [0, 0.1) is 6.92 Å². The second-order valence-corrected chi connectivity index (χ2v) is 6.28. The molecule has 0 spiro atoms. The first-order valence-corrected chi connectivity index (χ1v) is 7.72. The molecule has 0 radical (unpaired) electrons. The Balaban J connectivity index is 1.57. The molecule has 1 saturated carbocycles. The number of rotatable bonds is 4. The van der Waals surface area contributed by atoms with Crippen LogP contribution in [0.4, 0.5) is 5.13 Å². The average Bonchev–Trinajstić information content (AvgIpc) is 2.82. The molecule has 0 bridgehead atoms. The van der Waals surface area contributed by atoms with Gasteiger partial charge >= 0.3 is 0 Å². The van der Waals surface area contributed by atoms with E-state index >= 15 is 0 Å². The molecule has 0 atom stereocenters. The van der Waals surface area contributed by atoms with Crippen LogP contribution in [0.3, 0.4) is 0 Å². The van der Waals surface area contributed by atoms with Crippen molar-refractivity contribution >= 4 is 16.5 Å². The molecule has 19 heavy (non-hydrogen) atoms. The fourth-order valence-corrected chi connectivity index (χ4v) is 3.42. The monoisotopic (exact) mass is 273 g/mol. The minimum Gasteiger partial charge on any atom is -0.357 e. The maximum Gasteiger partial charge on any atom is 0.205 e. The first-order chi connectivity index (χ1) is 9.26. The van der Waals surface area contributed by atoms with Crippen LogP contribution in [0.2, 0.25) is 0 Å². The Hall–Kier alpha value is -1.42. The molecule has 2 aromatic rings. The smallest absolute Gasteiger partial charge is 0.205 e. The van der Waals surface area contributed by atoms with Crippen LogP contribution >= 0.6 is 11.3 Å². The SMILES string of the molecule is CCc1nnc(NC2CC(c3ccccc3C)C2)s1. The summed E-state index contributed by atoms with van der Waals surface area (Å²) >= 11 is 1.68. The van der Waals surface area contributed by atoms with Crippen LogP contribution in [0.25, 0.3) is 0 Å². The summed E-state index contributed by atoms with van der Waals surface area (Å²) in [6.07, 6.45) is 3.37. The number of aryl methyl sites for hydroxylation is 2. The van der Waals surface area contributed by atoms with Gasteiger partial charge in [-0.05, 0) is 43.2 Å². The molecule has 1 aliphatic rings. The maximum absolute atomic E-state index is 4.18. The molecule has 3 nitrogen and oxygen atoms in total. The van der Waals surface area contributed by atoms with Gasteiger partial charge in [0.2, 0.25) is 5.13 Å². The van der Waals surface area contributed by atoms with Gasteiger partial charge in [-0.1, -0.05) is 42.5 Å². The fraction of sp³-hybridized carbons (Fsp3) is 0.467. The Morgan fingerprint density at radius 1 is 1.26 bits per heavy atom. The molecular weight excluding hydrogens is 254 g/mol. The number of hydrogen-bond acceptors (Lipinski definition) is 4. The maximum atomic E-state index is 4.18. The van der Waals surface area contributed by atoms with Crippen LogP contribution in [0.15, 0.2) is 24.3 Å². The van der Waals surface area contributed by atoms with Gasteiger partial charge in [-0.2, -0.15) is 0 Å². The number of anilines is 1. The predicted octanol–water partition coefficient (Wildman–Crippen LogP) is 3.77. The zero-order chi connectivity index (χ0) is 13.2. The molecule has 0 aliphatic heterocycles. The Labute approximate surface area is 118 Å². The number of benzene rings is 1. The highest BCUT2D eigenvalue weighted by Gasteiger charge is 2.31. The highest BCUT2D eigenvalue weighted by atomic mass is 32.1. The van der Waals surface area contributed by atoms with Gasteiger partial charge in [0, 0.05) is 6.04 Å². The van der Waals surface area contributed by atoms with Gasteiger partial charge < -0.3 is 5.32 Å². The van der Waals surface area contributed by atoms with Crippen molar-refractivity contribution in [1.82, 2.24) is 10.2 Å². The van der Waals surface area contributed by atoms with Crippen molar-refractivity contribution in [3.8, 4) is 0 Å². The van der Waals surface area contributed by atoms with Crippen molar-refractivity contribution in [3.63, 3.8) is 0 Å². The number of nitrogens with one attached hydrogen (secondary N) is 1. The molecule has 0 saturated heterocycles. The largest absolute Gasteiger partial charge is 0.357 e. The minimum absolute atomic E-state index is 0.558. The van der Waals surface area contributed by atoms with Gasteiger partial charge in [0.25, 0.3) is 0 Å². The first kappa shape index (κ1) is 12.6. The minimum atomic E-state index is 0.558. The molecule has 1 aromatic heterocycles. The van der Waals surface area contributed by atoms with Crippen molar-refractivity contribution in [2.45, 2.75) is 45.1 Å². The lowest BCUT2D eigenvalue weighted by Crippen LogP contribution is -2.34. The summed E-state index contributed by atoms with van der Waals surface area (Å²) in [7, 11) is 0. The third kappa shape index (κ3) is 2.63. The van der Waals surface area contributed by atoms with Gasteiger partial charge in [-0.25, -0.2) is 0 Å². The molecule has 100 valence electrons. The highest BCUT2D eigenvalue weighted by molar-refractivity contribution is 7.15. The van der Waals surface area contributed by atoms with E-state index in [0.29, 0.717) is 12.0 Å². The highest BCUT2D eigenvalue weighted by Crippen LogP contribution is 2.39. The van der Waals surface area contributed by atoms with E-state index in [1.54, 1.807) is 11.3 Å². The third-order valence-electron chi connectivity index (χ3n) is 3.86. The van der Waals surface area contributed by atoms with Gasteiger partial charge in [0.05, 0.1) is 0 Å². The Bertz CT molecular complexity index is 558. The lowest BCUT2D eigenvalue weighted by Gasteiger charge is -2.36. The number of nitrogens with zero attached hydrogens (tertiary/aromatic N) is 2. The summed E-state index contributed by atoms with van der Waals surface area (Å²) in [5, 5.41) is 13.9. The summed E-state index contributed by atoms with van der Waals surface area (Å²) in [4.78, 5) is 0. The molecule has 0 amide bonds. The van der Waals surface area contributed by atoms with Crippen LogP contribution in [0.1, 0.15) is 41.8 Å². The van der Waals surface area contributed by atoms with E-state index < -0.39 is 0 Å². The molecule has 1 heterocycles. The van der Waals surface area contributed by atoms with Crippen molar-refractivity contribution < 1.29 is 0 Å². The lowest BCUT2D eigenvalue weighted by molar-refractivity contribution is 0.372. The average molecular weight is 273 g/mol. The number of hydrogen-bond donors (Lipinski definition) is 1. The summed E-state index contributed by atoms with van der Waals surface area (Å²) < 4.78 is 0. The van der Waals surface area contributed by atoms with Crippen molar-refractivity contribution in [2.75, 3.05) is 5.32 Å². The molecule has 1 aromatic carbocycles. The van der Waals surface area contributed by atoms with Crippen LogP contribution in [-0.4, -0.2) is 16.2 Å². The summed E-state index contributed by atoms with van der Waals surface area (Å²) in [5.74, 6) is 0.706. The molecule has 1 N–H and O–H groups in total. The fourth-order valence-electron chi connectivity index (χ4n) is 2.66. The van der Waals surface area contributed by atoms with Gasteiger partial charge in [0.15, 0.2) is 0 Å². The van der Waals surface area contributed by atoms with E-state index in [9.17, 15) is 0 Å². The Kier molecular flexibility index (Phi) is 3.51. The van der Waals surface area contributed by atoms with Crippen molar-refractivity contribution in [2.24, 2.45) is 0 Å². The molecule has 3 rings (SSSR count). The van der Waals surface area contributed by atoms with Crippen LogP contribution in [0.5, 0.6) is 0 Å². The van der Waals surface area contributed by atoms with Crippen LogP contribution in [-0.2, 0) is 6.42 Å². The van der Waals surface area contributed by atoms with Crippen LogP contribution < -0.4 is 5.32 Å². The number of aromatic nitrogens is 2. The van der Waals surface area contributed by atoms with E-state index in [-0.39, 0.29) is 0 Å². The first-order valence-electron chi connectivity index (χ1n) is 6.90. The summed E-state index contributed by atoms with van der Waals surface area (Å²) in [6, 6.07) is 9.27. The summed E-state index contributed by atoms with van der Waals surface area (Å²) in [6.45, 7) is 4.32. The van der Waals surface area contributed by atoms with E-state index in [1.807, 2.05) is 0 Å². The Morgan fingerprint density at radius 3 is 2.74 bits per heavy atom. The molecular formula is C15H19N3S. The van der Waals surface area contributed by atoms with Gasteiger partial charge in [-0.3, -0.25) is 0 Å². The topological polar surface area (TPSA) is 37.8 Å². The third-order valence-corrected chi connectivity index (χ3v) is 4.86. The van der Waals surface area contributed by atoms with Gasteiger partial charge in [0.1, 0.15) is 5.01 Å². The zero-order valence-electron chi connectivity index (χ0n) is 11.4. The molecule has 4 heteroatoms.